The van der Waals surface area contributed by atoms with E-state index in [1.807, 2.05) is 0 Å². The molecule has 6 rings (SSSR count). The van der Waals surface area contributed by atoms with Crippen molar-refractivity contribution in [2.75, 3.05) is 58.9 Å². The number of aliphatic imine (C=N–C) groups is 2. The fraction of sp³-hybridized carbons (Fsp3) is 0.263. The minimum absolute atomic E-state index is 0. The van der Waals surface area contributed by atoms with Crippen LogP contribution in [0, 0.1) is 0 Å². The zero-order valence-electron chi connectivity index (χ0n) is 35.4. The van der Waals surface area contributed by atoms with Crippen molar-refractivity contribution in [2.24, 2.45) is 9.98 Å². The summed E-state index contributed by atoms with van der Waals surface area (Å²) in [6, 6.07) is 9.74. The summed E-state index contributed by atoms with van der Waals surface area (Å²) >= 11 is 0. The van der Waals surface area contributed by atoms with Gasteiger partial charge in [0.05, 0.1) is 37.6 Å². The van der Waals surface area contributed by atoms with Crippen molar-refractivity contribution in [1.82, 2.24) is 30.6 Å². The molecular weight excluding hydrogens is 858 g/mol. The van der Waals surface area contributed by atoms with Gasteiger partial charge in [-0.25, -0.2) is 19.6 Å². The maximum Gasteiger partial charge on any atom is 1.00 e. The predicted octanol–water partition coefficient (Wildman–Crippen LogP) is -8.64. The van der Waals surface area contributed by atoms with Crippen LogP contribution in [0.5, 0.6) is 0 Å². The van der Waals surface area contributed by atoms with E-state index in [0.29, 0.717) is 60.6 Å². The van der Waals surface area contributed by atoms with Crippen molar-refractivity contribution < 1.29 is 86.9 Å². The average molecular weight is 899 g/mol. The predicted molar refractivity (Wildman–Crippen MR) is 226 cm³/mol. The SMILES string of the molecule is Nc1nc2c(c(=O)[nH]1)N=C(CNc1ccc(C(=O)N[C@@H](CCC(=O)[O-])C(=O)O)cc1)CN2.Nc1nc2c(c(=O)[nH]1)N=C(CNc1ccc(C(=O)N[C@@H](CCC(=O)[O-])C(=O)O)cc1)CN2.[Li+].[Li+]. The van der Waals surface area contributed by atoms with Gasteiger partial charge in [-0.15, -0.1) is 0 Å². The number of aliphatic carboxylic acids is 4. The number of aromatic nitrogens is 4. The summed E-state index contributed by atoms with van der Waals surface area (Å²) in [5, 5.41) is 56.0. The first-order valence-electron chi connectivity index (χ1n) is 19.0. The molecule has 0 spiro atoms. The minimum atomic E-state index is -1.40. The van der Waals surface area contributed by atoms with Crippen LogP contribution in [-0.2, 0) is 19.2 Å². The van der Waals surface area contributed by atoms with Crippen LogP contribution in [0.2, 0.25) is 0 Å². The molecule has 4 heterocycles. The summed E-state index contributed by atoms with van der Waals surface area (Å²) in [6.45, 7) is 1.34. The fourth-order valence-corrected chi connectivity index (χ4v) is 5.80. The number of nitrogen functional groups attached to an aromatic ring is 2. The molecule has 2 aliphatic rings. The van der Waals surface area contributed by atoms with Gasteiger partial charge in [0.25, 0.3) is 22.9 Å². The van der Waals surface area contributed by atoms with Gasteiger partial charge in [-0.05, 0) is 74.2 Å². The quantitative estimate of drug-likeness (QED) is 0.0413. The van der Waals surface area contributed by atoms with Crippen LogP contribution in [-0.4, -0.2) is 116 Å². The van der Waals surface area contributed by atoms with E-state index < -0.39 is 71.7 Å². The number of fused-ring (bicyclic) bond motifs is 2. The molecule has 0 aliphatic carbocycles. The molecule has 2 aliphatic heterocycles. The largest absolute Gasteiger partial charge is 1.00 e. The summed E-state index contributed by atoms with van der Waals surface area (Å²) < 4.78 is 0. The molecule has 0 saturated heterocycles. The number of H-pyrrole nitrogens is 2. The molecule has 2 amide bonds. The third-order valence-corrected chi connectivity index (χ3v) is 9.05. The van der Waals surface area contributed by atoms with Gasteiger partial charge in [-0.2, -0.15) is 9.97 Å². The summed E-state index contributed by atoms with van der Waals surface area (Å²) in [5.41, 5.74) is 13.4. The van der Waals surface area contributed by atoms with Crippen molar-refractivity contribution in [3.05, 3.63) is 80.4 Å². The Hall–Kier alpha value is -7.65. The molecular formula is C38H40Li2N14O12. The van der Waals surface area contributed by atoms with Gasteiger partial charge in [0.2, 0.25) is 11.9 Å². The van der Waals surface area contributed by atoms with Crippen LogP contribution in [0.25, 0.3) is 0 Å². The molecule has 336 valence electrons. The third-order valence-electron chi connectivity index (χ3n) is 9.05. The van der Waals surface area contributed by atoms with E-state index in [4.69, 9.17) is 21.7 Å². The number of hydrogen-bond acceptors (Lipinski definition) is 20. The number of carboxylic acids is 4. The number of carbonyl (C=O) groups excluding carboxylic acids is 4. The minimum Gasteiger partial charge on any atom is -0.550 e. The standard InChI is InChI=1S/2C19H21N7O6.2Li/c2*20-19-25-15-14(17(30)26-19)23-11(8-22-15)7-21-10-3-1-9(2-4-10)16(29)24-12(18(31)32)5-6-13(27)28;;/h2*1-4,12,21H,5-8H2,(H,24,29)(H,27,28)(H,31,32)(H4,20,22,25,26,30);;/q;;2*+1/p-2/t2*12-;;/m00../s1. The Morgan fingerprint density at radius 3 is 1.29 bits per heavy atom. The Labute approximate surface area is 396 Å². The Morgan fingerprint density at radius 2 is 0.970 bits per heavy atom. The smallest absolute Gasteiger partial charge is 0.550 e. The molecule has 2 aromatic carbocycles. The van der Waals surface area contributed by atoms with Crippen LogP contribution in [0.15, 0.2) is 68.1 Å². The number of nitrogens with zero attached hydrogens (tertiary/aromatic N) is 4. The summed E-state index contributed by atoms with van der Waals surface area (Å²) in [6.07, 6.45) is -1.54. The zero-order valence-corrected chi connectivity index (χ0v) is 35.4. The Kier molecular flexibility index (Phi) is 19.5. The van der Waals surface area contributed by atoms with Gasteiger partial charge < -0.3 is 73.4 Å². The van der Waals surface area contributed by atoms with Gasteiger partial charge in [-0.1, -0.05) is 0 Å². The molecule has 0 unspecified atom stereocenters. The van der Waals surface area contributed by atoms with Crippen LogP contribution >= 0.6 is 0 Å². The molecule has 0 radical (unpaired) electrons. The van der Waals surface area contributed by atoms with E-state index in [1.165, 1.54) is 24.3 Å². The first-order chi connectivity index (χ1) is 30.4. The number of anilines is 6. The molecule has 0 bridgehead atoms. The van der Waals surface area contributed by atoms with E-state index in [1.54, 1.807) is 24.3 Å². The Balaban J connectivity index is 0.000000340. The number of aromatic amines is 2. The zero-order chi connectivity index (χ0) is 46.5. The van der Waals surface area contributed by atoms with E-state index in [9.17, 15) is 48.6 Å². The summed E-state index contributed by atoms with van der Waals surface area (Å²) in [4.78, 5) is 113. The number of amides is 2. The first kappa shape index (κ1) is 52.7. The maximum atomic E-state index is 12.3. The molecule has 2 aromatic heterocycles. The third kappa shape index (κ3) is 15.3. The van der Waals surface area contributed by atoms with Gasteiger partial charge in [0.15, 0.2) is 23.0 Å². The summed E-state index contributed by atoms with van der Waals surface area (Å²) in [7, 11) is 0. The number of rotatable bonds is 18. The van der Waals surface area contributed by atoms with Crippen LogP contribution < -0.4 is 102 Å². The number of nitrogens with one attached hydrogen (secondary N) is 8. The number of carboxylic acid groups (broad SMARTS) is 4. The van der Waals surface area contributed by atoms with E-state index in [0.717, 1.165) is 0 Å². The van der Waals surface area contributed by atoms with Crippen molar-refractivity contribution >= 4 is 93.4 Å². The van der Waals surface area contributed by atoms with Gasteiger partial charge in [-0.3, -0.25) is 29.1 Å². The maximum absolute atomic E-state index is 12.3. The second kappa shape index (κ2) is 24.4. The summed E-state index contributed by atoms with van der Waals surface area (Å²) in [5.74, 6) is -6.15. The van der Waals surface area contributed by atoms with E-state index in [-0.39, 0.29) is 85.0 Å². The Bertz CT molecular complexity index is 2440. The molecule has 0 saturated carbocycles. The average Bonchev–Trinajstić information content (AvgIpc) is 3.25. The first-order valence-corrected chi connectivity index (χ1v) is 19.0. The topological polar surface area (TPSA) is 429 Å². The van der Waals surface area contributed by atoms with E-state index in [2.05, 4.69) is 61.8 Å². The number of nitrogens with two attached hydrogens (primary N) is 2. The molecule has 14 N–H and O–H groups in total. The second-order valence-corrected chi connectivity index (χ2v) is 13.8. The normalized spacial score (nSPS) is 12.8. The van der Waals surface area contributed by atoms with Crippen molar-refractivity contribution in [3.63, 3.8) is 0 Å². The van der Waals surface area contributed by atoms with Crippen molar-refractivity contribution in [1.29, 1.82) is 0 Å². The van der Waals surface area contributed by atoms with Gasteiger partial charge in [0.1, 0.15) is 12.1 Å². The Morgan fingerprint density at radius 1 is 0.621 bits per heavy atom. The van der Waals surface area contributed by atoms with Crippen LogP contribution in [0.3, 0.4) is 0 Å². The number of hydrogen-bond donors (Lipinski definition) is 12. The van der Waals surface area contributed by atoms with Crippen LogP contribution in [0.4, 0.5) is 46.3 Å². The van der Waals surface area contributed by atoms with Crippen LogP contribution in [0.1, 0.15) is 46.4 Å². The van der Waals surface area contributed by atoms with Crippen molar-refractivity contribution in [3.8, 4) is 0 Å². The van der Waals surface area contributed by atoms with Gasteiger partial charge >= 0.3 is 49.7 Å². The van der Waals surface area contributed by atoms with Gasteiger partial charge in [0, 0.05) is 34.4 Å². The van der Waals surface area contributed by atoms with Crippen molar-refractivity contribution in [2.45, 2.75) is 37.8 Å². The monoisotopic (exact) mass is 898 g/mol. The number of benzene rings is 2. The molecule has 26 nitrogen and oxygen atoms in total. The molecule has 28 heteroatoms. The molecule has 0 fully saturated rings. The molecule has 66 heavy (non-hydrogen) atoms. The molecule has 4 aromatic rings. The number of carbonyl (C=O) groups is 6. The van der Waals surface area contributed by atoms with E-state index >= 15 is 0 Å². The second-order valence-electron chi connectivity index (χ2n) is 13.8. The molecule has 2 atom stereocenters. The fourth-order valence-electron chi connectivity index (χ4n) is 5.80.